The van der Waals surface area contributed by atoms with Gasteiger partial charge in [-0.25, -0.2) is 9.59 Å². The van der Waals surface area contributed by atoms with Crippen molar-refractivity contribution in [2.75, 3.05) is 35.6 Å². The van der Waals surface area contributed by atoms with E-state index in [2.05, 4.69) is 31.1 Å². The van der Waals surface area contributed by atoms with Gasteiger partial charge in [-0.05, 0) is 109 Å². The summed E-state index contributed by atoms with van der Waals surface area (Å²) in [6, 6.07) is 30.3. The Bertz CT molecular complexity index is 2930. The molecule has 14 nitrogen and oxygen atoms in total. The van der Waals surface area contributed by atoms with Crippen LogP contribution in [0.3, 0.4) is 0 Å². The van der Waals surface area contributed by atoms with Crippen LogP contribution in [0.2, 0.25) is 0 Å². The number of aromatic hydroxyl groups is 2. The molecule has 0 saturated heterocycles. The van der Waals surface area contributed by atoms with Crippen LogP contribution in [-0.4, -0.2) is 58.9 Å². The van der Waals surface area contributed by atoms with Crippen LogP contribution in [0, 0.1) is 27.7 Å². The summed E-state index contributed by atoms with van der Waals surface area (Å²) in [5, 5.41) is 48.7. The highest BCUT2D eigenvalue weighted by atomic mass is 35.5. The predicted molar refractivity (Wildman–Crippen MR) is 256 cm³/mol. The van der Waals surface area contributed by atoms with Gasteiger partial charge in [0.15, 0.2) is 11.5 Å². The average molecular weight is 926 g/mol. The van der Waals surface area contributed by atoms with Gasteiger partial charge in [0, 0.05) is 22.1 Å². The highest BCUT2D eigenvalue weighted by Gasteiger charge is 2.23. The van der Waals surface area contributed by atoms with Crippen molar-refractivity contribution in [3.05, 3.63) is 154 Å². The number of anilines is 2. The Hall–Kier alpha value is -7.68. The first-order valence-corrected chi connectivity index (χ1v) is 21.6. The van der Waals surface area contributed by atoms with Crippen LogP contribution in [0.4, 0.5) is 34.1 Å². The van der Waals surface area contributed by atoms with E-state index in [0.717, 1.165) is 0 Å². The summed E-state index contributed by atoms with van der Waals surface area (Å²) in [4.78, 5) is 52.9. The van der Waals surface area contributed by atoms with Crippen molar-refractivity contribution in [1.82, 2.24) is 0 Å². The number of fused-ring (bicyclic) bond motifs is 2. The Balaban J connectivity index is 1.14. The summed E-state index contributed by atoms with van der Waals surface area (Å²) in [5.74, 6) is -2.94. The van der Waals surface area contributed by atoms with Gasteiger partial charge in [-0.1, -0.05) is 60.7 Å². The van der Waals surface area contributed by atoms with E-state index < -0.39 is 35.3 Å². The third-order valence-corrected chi connectivity index (χ3v) is 10.9. The first-order valence-electron chi connectivity index (χ1n) is 20.5. The van der Waals surface area contributed by atoms with Gasteiger partial charge in [-0.2, -0.15) is 10.2 Å². The minimum atomic E-state index is -0.634. The number of ether oxygens (including phenoxy) is 2. The van der Waals surface area contributed by atoms with Gasteiger partial charge >= 0.3 is 11.9 Å². The van der Waals surface area contributed by atoms with Crippen molar-refractivity contribution in [1.29, 1.82) is 0 Å². The fourth-order valence-corrected chi connectivity index (χ4v) is 7.13. The lowest BCUT2D eigenvalue weighted by Crippen LogP contribution is -2.15. The molecule has 334 valence electrons. The quantitative estimate of drug-likeness (QED) is 0.0469. The monoisotopic (exact) mass is 924 g/mol. The molecule has 0 radical (unpaired) electrons. The maximum atomic E-state index is 14.0. The normalized spacial score (nSPS) is 11.4. The highest BCUT2D eigenvalue weighted by Crippen LogP contribution is 2.42. The van der Waals surface area contributed by atoms with E-state index in [1.165, 1.54) is 12.1 Å². The topological polar surface area (TPSA) is 201 Å². The molecular formula is C50H42Cl2N6O8. The lowest BCUT2D eigenvalue weighted by molar-refractivity contribution is 0.0520. The summed E-state index contributed by atoms with van der Waals surface area (Å²) in [6.45, 7) is 7.16. The zero-order valence-corrected chi connectivity index (χ0v) is 37.6. The Morgan fingerprint density at radius 1 is 0.515 bits per heavy atom. The number of halogens is 2. The number of azo groups is 2. The Labute approximate surface area is 388 Å². The van der Waals surface area contributed by atoms with Gasteiger partial charge in [0.05, 0.1) is 45.4 Å². The molecular weight excluding hydrogens is 883 g/mol. The number of carbonyl (C=O) groups excluding carboxylic acids is 4. The molecule has 0 aliphatic rings. The van der Waals surface area contributed by atoms with E-state index in [0.29, 0.717) is 66.5 Å². The number of hydrogen-bond donors (Lipinski definition) is 4. The summed E-state index contributed by atoms with van der Waals surface area (Å²) in [6.07, 6.45) is 0. The fourth-order valence-electron chi connectivity index (χ4n) is 6.97. The van der Waals surface area contributed by atoms with E-state index in [1.807, 2.05) is 0 Å². The number of carbonyl (C=O) groups is 4. The third kappa shape index (κ3) is 10.1. The molecule has 4 N–H and O–H groups in total. The summed E-state index contributed by atoms with van der Waals surface area (Å²) in [7, 11) is 0. The predicted octanol–water partition coefficient (Wildman–Crippen LogP) is 12.8. The Kier molecular flexibility index (Phi) is 14.3. The zero-order valence-electron chi connectivity index (χ0n) is 36.1. The van der Waals surface area contributed by atoms with Crippen LogP contribution in [0.15, 0.2) is 130 Å². The molecule has 0 saturated carbocycles. The number of nitrogens with one attached hydrogen (secondary N) is 2. The molecule has 7 rings (SSSR count). The molecule has 7 aromatic carbocycles. The number of alkyl halides is 2. The van der Waals surface area contributed by atoms with Gasteiger partial charge in [0.2, 0.25) is 0 Å². The van der Waals surface area contributed by atoms with Crippen molar-refractivity contribution in [3.8, 4) is 11.5 Å². The second-order valence-corrected chi connectivity index (χ2v) is 15.9. The van der Waals surface area contributed by atoms with Gasteiger partial charge in [0.1, 0.15) is 24.6 Å². The van der Waals surface area contributed by atoms with Gasteiger partial charge < -0.3 is 30.3 Å². The molecule has 7 aromatic rings. The van der Waals surface area contributed by atoms with Gasteiger partial charge in [-0.15, -0.1) is 33.4 Å². The maximum absolute atomic E-state index is 14.0. The third-order valence-electron chi connectivity index (χ3n) is 10.6. The largest absolute Gasteiger partial charge is 0.505 e. The van der Waals surface area contributed by atoms with Crippen LogP contribution >= 0.6 is 23.2 Å². The van der Waals surface area contributed by atoms with Crippen molar-refractivity contribution < 1.29 is 38.9 Å². The van der Waals surface area contributed by atoms with Crippen molar-refractivity contribution in [2.45, 2.75) is 27.7 Å². The molecule has 0 fully saturated rings. The van der Waals surface area contributed by atoms with E-state index in [4.69, 9.17) is 32.7 Å². The van der Waals surface area contributed by atoms with Crippen LogP contribution in [-0.2, 0) is 9.47 Å². The zero-order chi connectivity index (χ0) is 47.1. The number of amides is 2. The van der Waals surface area contributed by atoms with Gasteiger partial charge in [-0.3, -0.25) is 9.59 Å². The Morgan fingerprint density at radius 3 is 1.30 bits per heavy atom. The van der Waals surface area contributed by atoms with E-state index in [9.17, 15) is 29.4 Å². The molecule has 0 spiro atoms. The lowest BCUT2D eigenvalue weighted by atomic mass is 10.0. The molecule has 0 aliphatic heterocycles. The van der Waals surface area contributed by atoms with Gasteiger partial charge in [0.25, 0.3) is 11.8 Å². The minimum absolute atomic E-state index is 0.0464. The van der Waals surface area contributed by atoms with E-state index >= 15 is 0 Å². The first-order chi connectivity index (χ1) is 31.8. The first kappa shape index (κ1) is 46.3. The van der Waals surface area contributed by atoms with Crippen LogP contribution in [0.5, 0.6) is 11.5 Å². The smallest absolute Gasteiger partial charge is 0.338 e. The SMILES string of the molecule is Cc1ccc(C(=O)OCCCl)cc1N=Nc1c(O)c(C(=O)Nc2cc(C)c(NC(=O)c3cc4ccccc4c(N=Nc4cc(C(=O)OCCCl)ccc4C)c3O)cc2C)cc2ccccc12. The molecule has 0 bridgehead atoms. The highest BCUT2D eigenvalue weighted by molar-refractivity contribution is 6.18. The Morgan fingerprint density at radius 2 is 0.909 bits per heavy atom. The molecule has 0 atom stereocenters. The molecule has 0 heterocycles. The molecule has 0 aliphatic carbocycles. The van der Waals surface area contributed by atoms with E-state index in [1.54, 1.807) is 125 Å². The number of phenolic OH excluding ortho intramolecular Hbond substituents is 2. The number of esters is 2. The summed E-state index contributed by atoms with van der Waals surface area (Å²) < 4.78 is 10.3. The molecule has 2 amide bonds. The molecule has 66 heavy (non-hydrogen) atoms. The summed E-state index contributed by atoms with van der Waals surface area (Å²) >= 11 is 11.3. The second-order valence-electron chi connectivity index (χ2n) is 15.1. The lowest BCUT2D eigenvalue weighted by Gasteiger charge is -2.16. The van der Waals surface area contributed by atoms with Crippen LogP contribution in [0.25, 0.3) is 21.5 Å². The number of aryl methyl sites for hydroxylation is 4. The molecule has 0 aromatic heterocycles. The standard InChI is InChI=1S/C50H42Cl2N6O8/c1-27-13-15-33(49(63)65-19-17-51)25-41(27)55-57-43-35-11-7-5-9-31(35)23-37(45(43)59)47(61)53-39-21-30(4)40(22-29(39)3)54-48(62)38-24-32-10-6-8-12-36(32)44(46(38)60)58-56-42-26-34(16-14-28(42)2)50(64)66-20-18-52/h5-16,21-26,59-60H,17-20H2,1-4H3,(H,53,61)(H,54,62). The molecule has 16 heteroatoms. The maximum Gasteiger partial charge on any atom is 0.338 e. The fraction of sp³-hybridized carbons (Fsp3) is 0.160. The van der Waals surface area contributed by atoms with E-state index in [-0.39, 0.29) is 58.6 Å². The number of nitrogens with zero attached hydrogens (tertiary/aromatic N) is 4. The number of hydrogen-bond acceptors (Lipinski definition) is 12. The average Bonchev–Trinajstić information content (AvgIpc) is 3.31. The van der Waals surface area contributed by atoms with Crippen LogP contribution < -0.4 is 10.6 Å². The van der Waals surface area contributed by atoms with Crippen molar-refractivity contribution in [2.24, 2.45) is 20.5 Å². The number of phenols is 2. The van der Waals surface area contributed by atoms with Crippen molar-refractivity contribution in [3.63, 3.8) is 0 Å². The number of rotatable bonds is 14. The van der Waals surface area contributed by atoms with Crippen LogP contribution in [0.1, 0.15) is 63.7 Å². The number of benzene rings is 7. The molecule has 0 unspecified atom stereocenters. The summed E-state index contributed by atoms with van der Waals surface area (Å²) in [5.41, 5.74) is 4.52. The second kappa shape index (κ2) is 20.4. The minimum Gasteiger partial charge on any atom is -0.505 e. The van der Waals surface area contributed by atoms with Crippen molar-refractivity contribution >= 4 is 103 Å².